The van der Waals surface area contributed by atoms with E-state index < -0.39 is 0 Å². The molecule has 0 aromatic rings. The third-order valence-electron chi connectivity index (χ3n) is 5.95. The van der Waals surface area contributed by atoms with Crippen LogP contribution in [0, 0.1) is 28.6 Å². The Balaban J connectivity index is 2.05. The van der Waals surface area contributed by atoms with Gasteiger partial charge >= 0.3 is 0 Å². The summed E-state index contributed by atoms with van der Waals surface area (Å²) in [6.07, 6.45) is 8.64. The highest BCUT2D eigenvalue weighted by Gasteiger charge is 2.70. The summed E-state index contributed by atoms with van der Waals surface area (Å²) in [5.74, 6) is 1.81. The van der Waals surface area contributed by atoms with Gasteiger partial charge < -0.3 is 4.79 Å². The predicted octanol–water partition coefficient (Wildman–Crippen LogP) is 3.59. The van der Waals surface area contributed by atoms with Gasteiger partial charge in [0.25, 0.3) is 0 Å². The first-order valence-electron chi connectivity index (χ1n) is 6.66. The van der Waals surface area contributed by atoms with Gasteiger partial charge in [0.1, 0.15) is 6.29 Å². The molecule has 1 heteroatoms. The number of carbonyl (C=O) groups excluding carboxylic acids is 1. The van der Waals surface area contributed by atoms with Crippen LogP contribution in [0.15, 0.2) is 11.6 Å². The number of hydrogen-bond donors (Lipinski definition) is 0. The van der Waals surface area contributed by atoms with Gasteiger partial charge in [-0.05, 0) is 55.3 Å². The van der Waals surface area contributed by atoms with Crippen LogP contribution >= 0.6 is 0 Å². The summed E-state index contributed by atoms with van der Waals surface area (Å²) in [6, 6.07) is 0. The van der Waals surface area contributed by atoms with Crippen LogP contribution < -0.4 is 0 Å². The summed E-state index contributed by atoms with van der Waals surface area (Å²) < 4.78 is 0. The van der Waals surface area contributed by atoms with Gasteiger partial charge in [0.15, 0.2) is 0 Å². The zero-order valence-electron chi connectivity index (χ0n) is 10.6. The van der Waals surface area contributed by atoms with Gasteiger partial charge in [-0.2, -0.15) is 0 Å². The summed E-state index contributed by atoms with van der Waals surface area (Å²) >= 11 is 0. The Kier molecular flexibility index (Phi) is 1.98. The SMILES string of the molecule is CC1=C[C@@H]2C(C)(C)[C@H]3CC[C@H](C=O)[C@@]23CC1. The molecule has 1 spiro atoms. The van der Waals surface area contributed by atoms with E-state index in [4.69, 9.17) is 0 Å². The lowest BCUT2D eigenvalue weighted by Gasteiger charge is -2.67. The highest BCUT2D eigenvalue weighted by molar-refractivity contribution is 5.58. The topological polar surface area (TPSA) is 17.1 Å². The number of rotatable bonds is 1. The van der Waals surface area contributed by atoms with Gasteiger partial charge in [-0.3, -0.25) is 0 Å². The smallest absolute Gasteiger partial charge is 0.123 e. The summed E-state index contributed by atoms with van der Waals surface area (Å²) in [7, 11) is 0. The quantitative estimate of drug-likeness (QED) is 0.485. The van der Waals surface area contributed by atoms with E-state index in [-0.39, 0.29) is 0 Å². The zero-order chi connectivity index (χ0) is 11.6. The normalized spacial score (nSPS) is 48.7. The number of aldehydes is 1. The average Bonchev–Trinajstić information content (AvgIpc) is 2.58. The Hall–Kier alpha value is -0.590. The van der Waals surface area contributed by atoms with Crippen molar-refractivity contribution in [3.8, 4) is 0 Å². The highest BCUT2D eigenvalue weighted by Crippen LogP contribution is 2.75. The molecule has 0 N–H and O–H groups in total. The van der Waals surface area contributed by atoms with Gasteiger partial charge in [-0.1, -0.05) is 25.5 Å². The molecule has 1 nitrogen and oxygen atoms in total. The van der Waals surface area contributed by atoms with E-state index in [1.54, 1.807) is 5.57 Å². The Labute approximate surface area is 98.3 Å². The van der Waals surface area contributed by atoms with Crippen molar-refractivity contribution in [3.63, 3.8) is 0 Å². The standard InChI is InChI=1S/C15H22O/c1-10-6-7-15-11(9-16)4-5-12(15)14(2,3)13(15)8-10/h8-9,11-13H,4-7H2,1-3H3/t11-,12-,13-,15-/m1/s1. The van der Waals surface area contributed by atoms with Crippen molar-refractivity contribution < 1.29 is 4.79 Å². The van der Waals surface area contributed by atoms with Gasteiger partial charge in [0.2, 0.25) is 0 Å². The first kappa shape index (κ1) is 10.6. The van der Waals surface area contributed by atoms with Crippen molar-refractivity contribution in [2.75, 3.05) is 0 Å². The molecule has 0 amide bonds. The van der Waals surface area contributed by atoms with Gasteiger partial charge in [0.05, 0.1) is 0 Å². The Morgan fingerprint density at radius 2 is 2.12 bits per heavy atom. The van der Waals surface area contributed by atoms with Crippen LogP contribution in [0.3, 0.4) is 0 Å². The number of allylic oxidation sites excluding steroid dienone is 2. The molecule has 16 heavy (non-hydrogen) atoms. The third-order valence-corrected chi connectivity index (χ3v) is 5.95. The van der Waals surface area contributed by atoms with Crippen molar-refractivity contribution in [2.24, 2.45) is 28.6 Å². The molecule has 3 aliphatic carbocycles. The van der Waals surface area contributed by atoms with Crippen molar-refractivity contribution >= 4 is 6.29 Å². The lowest BCUT2D eigenvalue weighted by atomic mass is 9.37. The van der Waals surface area contributed by atoms with Crippen molar-refractivity contribution in [1.82, 2.24) is 0 Å². The van der Waals surface area contributed by atoms with Crippen LogP contribution in [-0.2, 0) is 4.79 Å². The van der Waals surface area contributed by atoms with E-state index in [1.807, 2.05) is 0 Å². The third kappa shape index (κ3) is 0.959. The Morgan fingerprint density at radius 3 is 2.81 bits per heavy atom. The maximum atomic E-state index is 11.3. The van der Waals surface area contributed by atoms with Crippen LogP contribution in [0.2, 0.25) is 0 Å². The molecule has 0 bridgehead atoms. The molecule has 2 fully saturated rings. The van der Waals surface area contributed by atoms with E-state index in [0.717, 1.165) is 12.3 Å². The lowest BCUT2D eigenvalue weighted by molar-refractivity contribution is -0.171. The summed E-state index contributed by atoms with van der Waals surface area (Å²) in [5, 5.41) is 0. The van der Waals surface area contributed by atoms with E-state index in [9.17, 15) is 4.79 Å². The van der Waals surface area contributed by atoms with Crippen LogP contribution in [0.25, 0.3) is 0 Å². The Bertz CT molecular complexity index is 366. The molecule has 3 aliphatic rings. The highest BCUT2D eigenvalue weighted by atomic mass is 16.1. The maximum Gasteiger partial charge on any atom is 0.123 e. The molecule has 0 unspecified atom stereocenters. The summed E-state index contributed by atoms with van der Waals surface area (Å²) in [6.45, 7) is 7.06. The fourth-order valence-corrected chi connectivity index (χ4v) is 5.33. The summed E-state index contributed by atoms with van der Waals surface area (Å²) in [4.78, 5) is 11.3. The molecule has 4 atom stereocenters. The minimum absolute atomic E-state index is 0.347. The largest absolute Gasteiger partial charge is 0.303 e. The molecule has 0 aromatic carbocycles. The molecule has 0 heterocycles. The van der Waals surface area contributed by atoms with Gasteiger partial charge in [0, 0.05) is 5.92 Å². The number of hydrogen-bond acceptors (Lipinski definition) is 1. The van der Waals surface area contributed by atoms with Crippen molar-refractivity contribution in [1.29, 1.82) is 0 Å². The number of carbonyl (C=O) groups is 1. The molecule has 2 saturated carbocycles. The lowest BCUT2D eigenvalue weighted by Crippen LogP contribution is -2.62. The molecule has 88 valence electrons. The molecule has 3 rings (SSSR count). The average molecular weight is 218 g/mol. The van der Waals surface area contributed by atoms with Crippen LogP contribution in [0.4, 0.5) is 0 Å². The predicted molar refractivity (Wildman–Crippen MR) is 65.0 cm³/mol. The molecule has 0 aliphatic heterocycles. The zero-order valence-corrected chi connectivity index (χ0v) is 10.6. The van der Waals surface area contributed by atoms with Crippen LogP contribution in [0.5, 0.6) is 0 Å². The first-order chi connectivity index (χ1) is 7.53. The van der Waals surface area contributed by atoms with E-state index in [0.29, 0.717) is 22.7 Å². The van der Waals surface area contributed by atoms with Crippen molar-refractivity contribution in [2.45, 2.75) is 46.5 Å². The molecule has 0 aromatic heterocycles. The maximum absolute atomic E-state index is 11.3. The monoisotopic (exact) mass is 218 g/mol. The Morgan fingerprint density at radius 1 is 1.38 bits per heavy atom. The van der Waals surface area contributed by atoms with Crippen LogP contribution in [0.1, 0.15) is 46.5 Å². The second-order valence-electron chi connectivity index (χ2n) is 6.80. The molecule has 0 saturated heterocycles. The summed E-state index contributed by atoms with van der Waals surface area (Å²) in [5.41, 5.74) is 2.34. The minimum atomic E-state index is 0.347. The van der Waals surface area contributed by atoms with Crippen molar-refractivity contribution in [3.05, 3.63) is 11.6 Å². The van der Waals surface area contributed by atoms with E-state index in [1.165, 1.54) is 25.5 Å². The van der Waals surface area contributed by atoms with Gasteiger partial charge in [-0.25, -0.2) is 0 Å². The molecule has 0 radical (unpaired) electrons. The van der Waals surface area contributed by atoms with Gasteiger partial charge in [-0.15, -0.1) is 0 Å². The fourth-order valence-electron chi connectivity index (χ4n) is 5.33. The van der Waals surface area contributed by atoms with E-state index >= 15 is 0 Å². The fraction of sp³-hybridized carbons (Fsp3) is 0.800. The van der Waals surface area contributed by atoms with E-state index in [2.05, 4.69) is 26.8 Å². The minimum Gasteiger partial charge on any atom is -0.303 e. The first-order valence-corrected chi connectivity index (χ1v) is 6.66. The van der Waals surface area contributed by atoms with Crippen LogP contribution in [-0.4, -0.2) is 6.29 Å². The molecular formula is C15H22O. The molecular weight excluding hydrogens is 196 g/mol. The second kappa shape index (κ2) is 3.00. The second-order valence-corrected chi connectivity index (χ2v) is 6.80.